The Morgan fingerprint density at radius 2 is 1.94 bits per heavy atom. The first-order valence-corrected chi connectivity index (χ1v) is 5.93. The van der Waals surface area contributed by atoms with Crippen LogP contribution in [-0.4, -0.2) is 18.5 Å². The van der Waals surface area contributed by atoms with Crippen LogP contribution in [0, 0.1) is 25.6 Å². The molecule has 0 bridgehead atoms. The van der Waals surface area contributed by atoms with Crippen molar-refractivity contribution in [2.75, 3.05) is 6.61 Å². The number of benzene rings is 1. The van der Waals surface area contributed by atoms with Gasteiger partial charge >= 0.3 is 0 Å². The van der Waals surface area contributed by atoms with Gasteiger partial charge in [0.1, 0.15) is 11.9 Å². The lowest BCUT2D eigenvalue weighted by molar-refractivity contribution is 0.0578. The van der Waals surface area contributed by atoms with Crippen molar-refractivity contribution in [3.8, 4) is 0 Å². The number of carbonyl (C=O) groups excluding carboxylic acids is 1. The van der Waals surface area contributed by atoms with Gasteiger partial charge in [0, 0.05) is 12.2 Å². The molecule has 1 aromatic rings. The monoisotopic (exact) mass is 236 g/mol. The zero-order valence-corrected chi connectivity index (χ0v) is 10.4. The molecule has 17 heavy (non-hydrogen) atoms. The highest BCUT2D eigenvalue weighted by Gasteiger charge is 2.32. The Hall–Kier alpha value is -1.22. The molecule has 0 spiro atoms. The molecular formula is C14H17FO2. The van der Waals surface area contributed by atoms with Crippen molar-refractivity contribution in [2.24, 2.45) is 5.92 Å². The van der Waals surface area contributed by atoms with Gasteiger partial charge in [0.2, 0.25) is 0 Å². The fraction of sp³-hybridized carbons (Fsp3) is 0.500. The van der Waals surface area contributed by atoms with E-state index in [0.29, 0.717) is 23.3 Å². The summed E-state index contributed by atoms with van der Waals surface area (Å²) in [6.45, 7) is 6.19. The van der Waals surface area contributed by atoms with Crippen LogP contribution in [0.1, 0.15) is 34.8 Å². The summed E-state index contributed by atoms with van der Waals surface area (Å²) in [5.41, 5.74) is 2.00. The fourth-order valence-corrected chi connectivity index (χ4v) is 2.47. The molecule has 2 atom stereocenters. The van der Waals surface area contributed by atoms with Crippen molar-refractivity contribution in [3.05, 3.63) is 34.6 Å². The lowest BCUT2D eigenvalue weighted by Gasteiger charge is -2.16. The number of Topliss-reactive ketones (excluding diaryl/α,β-unsaturated/α-hetero) is 1. The Kier molecular flexibility index (Phi) is 3.29. The molecule has 1 aliphatic heterocycles. The first-order chi connectivity index (χ1) is 8.00. The second-order valence-corrected chi connectivity index (χ2v) is 4.84. The Morgan fingerprint density at radius 3 is 2.41 bits per heavy atom. The van der Waals surface area contributed by atoms with E-state index in [1.807, 2.05) is 6.92 Å². The lowest BCUT2D eigenvalue weighted by Crippen LogP contribution is -2.26. The average molecular weight is 236 g/mol. The maximum atomic E-state index is 13.2. The second kappa shape index (κ2) is 4.57. The van der Waals surface area contributed by atoms with Gasteiger partial charge in [-0.2, -0.15) is 0 Å². The van der Waals surface area contributed by atoms with E-state index >= 15 is 0 Å². The first-order valence-electron chi connectivity index (χ1n) is 5.93. The van der Waals surface area contributed by atoms with Gasteiger partial charge in [-0.25, -0.2) is 4.39 Å². The maximum Gasteiger partial charge on any atom is 0.192 e. The molecule has 3 heteroatoms. The molecule has 0 N–H and O–H groups in total. The smallest absolute Gasteiger partial charge is 0.192 e. The van der Waals surface area contributed by atoms with Crippen LogP contribution in [0.4, 0.5) is 4.39 Å². The minimum atomic E-state index is -0.363. The van der Waals surface area contributed by atoms with Crippen molar-refractivity contribution in [3.63, 3.8) is 0 Å². The van der Waals surface area contributed by atoms with E-state index in [-0.39, 0.29) is 23.6 Å². The zero-order valence-electron chi connectivity index (χ0n) is 10.4. The number of rotatable bonds is 2. The van der Waals surface area contributed by atoms with Crippen LogP contribution in [0.5, 0.6) is 0 Å². The van der Waals surface area contributed by atoms with Crippen molar-refractivity contribution in [1.82, 2.24) is 0 Å². The number of hydrogen-bond acceptors (Lipinski definition) is 2. The Balaban J connectivity index is 2.37. The van der Waals surface area contributed by atoms with Crippen molar-refractivity contribution in [2.45, 2.75) is 33.3 Å². The summed E-state index contributed by atoms with van der Waals surface area (Å²) in [6.07, 6.45) is 0.549. The summed E-state index contributed by atoms with van der Waals surface area (Å²) in [6, 6.07) is 2.81. The van der Waals surface area contributed by atoms with E-state index in [1.54, 1.807) is 13.8 Å². The van der Waals surface area contributed by atoms with Crippen LogP contribution in [0.3, 0.4) is 0 Å². The largest absolute Gasteiger partial charge is 0.370 e. The minimum absolute atomic E-state index is 0.00926. The highest BCUT2D eigenvalue weighted by atomic mass is 19.1. The third-order valence-corrected chi connectivity index (χ3v) is 3.39. The quantitative estimate of drug-likeness (QED) is 0.738. The summed E-state index contributed by atoms with van der Waals surface area (Å²) in [5, 5.41) is 0. The van der Waals surface area contributed by atoms with Crippen LogP contribution in [0.15, 0.2) is 12.1 Å². The first kappa shape index (κ1) is 12.2. The highest BCUT2D eigenvalue weighted by molar-refractivity contribution is 6.02. The van der Waals surface area contributed by atoms with Crippen molar-refractivity contribution >= 4 is 5.78 Å². The number of hydrogen-bond donors (Lipinski definition) is 0. The molecule has 0 radical (unpaired) electrons. The van der Waals surface area contributed by atoms with Gasteiger partial charge in [-0.1, -0.05) is 6.92 Å². The highest BCUT2D eigenvalue weighted by Crippen LogP contribution is 2.26. The number of carbonyl (C=O) groups is 1. The third kappa shape index (κ3) is 2.25. The Morgan fingerprint density at radius 1 is 1.35 bits per heavy atom. The normalized spacial score (nSPS) is 24.0. The predicted octanol–water partition coefficient (Wildman–Crippen LogP) is 3.05. The van der Waals surface area contributed by atoms with E-state index < -0.39 is 0 Å². The topological polar surface area (TPSA) is 26.3 Å². The predicted molar refractivity (Wildman–Crippen MR) is 63.7 cm³/mol. The Labute approximate surface area is 101 Å². The van der Waals surface area contributed by atoms with Gasteiger partial charge < -0.3 is 4.74 Å². The number of halogens is 1. The number of aryl methyl sites for hydroxylation is 2. The van der Waals surface area contributed by atoms with Crippen LogP contribution in [-0.2, 0) is 4.74 Å². The van der Waals surface area contributed by atoms with Gasteiger partial charge in [0.25, 0.3) is 0 Å². The molecule has 1 heterocycles. The molecular weight excluding hydrogens is 219 g/mol. The molecule has 92 valence electrons. The van der Waals surface area contributed by atoms with Crippen molar-refractivity contribution in [1.29, 1.82) is 0 Å². The molecule has 1 saturated heterocycles. The van der Waals surface area contributed by atoms with Crippen LogP contribution in [0.25, 0.3) is 0 Å². The van der Waals surface area contributed by atoms with E-state index in [2.05, 4.69) is 0 Å². The van der Waals surface area contributed by atoms with Gasteiger partial charge in [-0.05, 0) is 49.4 Å². The Bertz CT molecular complexity index is 431. The van der Waals surface area contributed by atoms with E-state index in [0.717, 1.165) is 6.42 Å². The van der Waals surface area contributed by atoms with Gasteiger partial charge in [-0.3, -0.25) is 4.79 Å². The van der Waals surface area contributed by atoms with Crippen LogP contribution < -0.4 is 0 Å². The second-order valence-electron chi connectivity index (χ2n) is 4.84. The zero-order chi connectivity index (χ0) is 12.6. The minimum Gasteiger partial charge on any atom is -0.370 e. The molecule has 2 rings (SSSR count). The average Bonchev–Trinajstić information content (AvgIpc) is 2.62. The van der Waals surface area contributed by atoms with Gasteiger partial charge in [0.15, 0.2) is 5.78 Å². The molecule has 2 unspecified atom stereocenters. The summed E-state index contributed by atoms with van der Waals surface area (Å²) in [4.78, 5) is 12.4. The van der Waals surface area contributed by atoms with E-state index in [1.165, 1.54) is 12.1 Å². The lowest BCUT2D eigenvalue weighted by atomic mass is 9.91. The van der Waals surface area contributed by atoms with E-state index in [4.69, 9.17) is 4.74 Å². The third-order valence-electron chi connectivity index (χ3n) is 3.39. The molecule has 1 aromatic carbocycles. The summed E-state index contributed by atoms with van der Waals surface area (Å²) in [5.74, 6) is -0.0618. The van der Waals surface area contributed by atoms with Crippen LogP contribution >= 0.6 is 0 Å². The number of ketones is 1. The van der Waals surface area contributed by atoms with Crippen molar-refractivity contribution < 1.29 is 13.9 Å². The molecule has 0 aromatic heterocycles. The molecule has 1 aliphatic rings. The molecule has 0 amide bonds. The summed E-state index contributed by atoms with van der Waals surface area (Å²) < 4.78 is 18.7. The summed E-state index contributed by atoms with van der Waals surface area (Å²) >= 11 is 0. The van der Waals surface area contributed by atoms with Gasteiger partial charge in [-0.15, -0.1) is 0 Å². The maximum absolute atomic E-state index is 13.2. The SMILES string of the molecule is Cc1cc(F)cc(C)c1C(=O)C1OCCC1C. The molecule has 1 fully saturated rings. The molecule has 0 saturated carbocycles. The van der Waals surface area contributed by atoms with E-state index in [9.17, 15) is 9.18 Å². The standard InChI is InChI=1S/C14H17FO2/c1-8-4-5-17-14(8)13(16)12-9(2)6-11(15)7-10(12)3/h6-8,14H,4-5H2,1-3H3. The summed E-state index contributed by atoms with van der Waals surface area (Å²) in [7, 11) is 0. The van der Waals surface area contributed by atoms with Gasteiger partial charge in [0.05, 0.1) is 0 Å². The molecule has 0 aliphatic carbocycles. The fourth-order valence-electron chi connectivity index (χ4n) is 2.47. The number of ether oxygens (including phenoxy) is 1. The van der Waals surface area contributed by atoms with Crippen LogP contribution in [0.2, 0.25) is 0 Å². The molecule has 2 nitrogen and oxygen atoms in total.